The molecule has 1 unspecified atom stereocenters. The lowest BCUT2D eigenvalue weighted by Gasteiger charge is -2.20. The van der Waals surface area contributed by atoms with Crippen molar-refractivity contribution in [3.05, 3.63) is 35.4 Å². The van der Waals surface area contributed by atoms with Gasteiger partial charge in [-0.05, 0) is 34.8 Å². The quantitative estimate of drug-likeness (QED) is 0.371. The molecule has 1 atom stereocenters. The Kier molecular flexibility index (Phi) is 40.4. The van der Waals surface area contributed by atoms with Gasteiger partial charge in [-0.1, -0.05) is 156 Å². The zero-order valence-electron chi connectivity index (χ0n) is 17.2. The maximum atomic E-state index is 2.41. The van der Waals surface area contributed by atoms with Crippen LogP contribution in [0.4, 0.5) is 0 Å². The van der Waals surface area contributed by atoms with Crippen LogP contribution < -0.4 is 0 Å². The lowest BCUT2D eigenvalue weighted by Crippen LogP contribution is -2.11. The van der Waals surface area contributed by atoms with Crippen molar-refractivity contribution < 1.29 is 0 Å². The van der Waals surface area contributed by atoms with Crippen molar-refractivity contribution in [2.45, 2.75) is 144 Å². The maximum absolute atomic E-state index is 2.41. The number of hydrogen-bond acceptors (Lipinski definition) is 0. The standard InChI is InChI=1S/C21H36.C2H6.6CH4/c1-17(2)11-8-7-9-12-18(3)15-19-13-10-14-20(16-19)21(4,5)6;1-2;;;;;;/h10,13-14,16-18H,7-9,11-12,15H2,1-6H3;1-2H3;6*1H4. The Balaban J connectivity index is -0.000000117. The van der Waals surface area contributed by atoms with Gasteiger partial charge in [0.15, 0.2) is 0 Å². The van der Waals surface area contributed by atoms with Crippen LogP contribution >= 0.6 is 0 Å². The van der Waals surface area contributed by atoms with Crippen LogP contribution in [0.5, 0.6) is 0 Å². The van der Waals surface area contributed by atoms with Crippen molar-refractivity contribution in [2.24, 2.45) is 11.8 Å². The molecule has 0 radical (unpaired) electrons. The molecule has 0 amide bonds. The Hall–Kier alpha value is -0.780. The van der Waals surface area contributed by atoms with E-state index in [1.807, 2.05) is 13.8 Å². The summed E-state index contributed by atoms with van der Waals surface area (Å²) in [5.74, 6) is 1.67. The van der Waals surface area contributed by atoms with Crippen molar-refractivity contribution in [3.8, 4) is 0 Å². The van der Waals surface area contributed by atoms with Crippen LogP contribution in [0.15, 0.2) is 24.3 Å². The molecular weight excluding hydrogens is 348 g/mol. The molecule has 0 aliphatic carbocycles. The van der Waals surface area contributed by atoms with Crippen molar-refractivity contribution in [3.63, 3.8) is 0 Å². The first kappa shape index (κ1) is 46.4. The van der Waals surface area contributed by atoms with E-state index in [9.17, 15) is 0 Å². The lowest BCUT2D eigenvalue weighted by molar-refractivity contribution is 0.464. The number of rotatable bonds is 8. The van der Waals surface area contributed by atoms with Crippen molar-refractivity contribution >= 4 is 0 Å². The number of unbranched alkanes of at least 4 members (excludes halogenated alkanes) is 2. The Bertz CT molecular complexity index is 395. The molecule has 0 saturated heterocycles. The highest BCUT2D eigenvalue weighted by Gasteiger charge is 2.14. The summed E-state index contributed by atoms with van der Waals surface area (Å²) in [6, 6.07) is 9.20. The third kappa shape index (κ3) is 23.4. The van der Waals surface area contributed by atoms with E-state index in [0.717, 1.165) is 11.8 Å². The van der Waals surface area contributed by atoms with Gasteiger partial charge in [-0.3, -0.25) is 0 Å². The van der Waals surface area contributed by atoms with E-state index in [2.05, 4.69) is 65.8 Å². The summed E-state index contributed by atoms with van der Waals surface area (Å²) in [5.41, 5.74) is 3.23. The summed E-state index contributed by atoms with van der Waals surface area (Å²) in [4.78, 5) is 0. The third-order valence-corrected chi connectivity index (χ3v) is 4.36. The second-order valence-corrected chi connectivity index (χ2v) is 8.29. The van der Waals surface area contributed by atoms with Gasteiger partial charge >= 0.3 is 0 Å². The summed E-state index contributed by atoms with van der Waals surface area (Å²) in [5, 5.41) is 0. The first-order valence-corrected chi connectivity index (χ1v) is 9.88. The van der Waals surface area contributed by atoms with Crippen LogP contribution in [0.2, 0.25) is 0 Å². The predicted octanol–water partition coefficient (Wildman–Crippen LogP) is 11.6. The highest BCUT2D eigenvalue weighted by molar-refractivity contribution is 5.28. The summed E-state index contributed by atoms with van der Waals surface area (Å²) < 4.78 is 0. The summed E-state index contributed by atoms with van der Waals surface area (Å²) in [7, 11) is 0. The fourth-order valence-corrected chi connectivity index (χ4v) is 2.89. The molecule has 0 saturated carbocycles. The van der Waals surface area contributed by atoms with E-state index in [1.54, 1.807) is 0 Å². The van der Waals surface area contributed by atoms with E-state index in [4.69, 9.17) is 0 Å². The molecule has 0 aliphatic heterocycles. The molecule has 0 aliphatic rings. The maximum Gasteiger partial charge on any atom is -0.0132 e. The molecule has 0 spiro atoms. The van der Waals surface area contributed by atoms with Gasteiger partial charge in [-0.15, -0.1) is 0 Å². The summed E-state index contributed by atoms with van der Waals surface area (Å²) in [6.45, 7) is 17.9. The smallest absolute Gasteiger partial charge is 0.0132 e. The minimum absolute atomic E-state index is 0. The molecule has 0 N–H and O–H groups in total. The molecule has 0 fully saturated rings. The molecule has 0 bridgehead atoms. The second-order valence-electron chi connectivity index (χ2n) is 8.29. The fourth-order valence-electron chi connectivity index (χ4n) is 2.89. The SMILES string of the molecule is C.C.C.C.C.C.CC.CC(C)CCCCCC(C)Cc1cccc(C(C)(C)C)c1. The van der Waals surface area contributed by atoms with Gasteiger partial charge in [0.1, 0.15) is 0 Å². The molecule has 182 valence electrons. The minimum atomic E-state index is 0. The average Bonchev–Trinajstić information content (AvgIpc) is 2.48. The largest absolute Gasteiger partial charge is 0.0776 e. The molecule has 0 aromatic heterocycles. The normalized spacial score (nSPS) is 10.1. The van der Waals surface area contributed by atoms with Gasteiger partial charge in [-0.2, -0.15) is 0 Å². The van der Waals surface area contributed by atoms with Crippen molar-refractivity contribution in [2.75, 3.05) is 0 Å². The highest BCUT2D eigenvalue weighted by atomic mass is 14.2. The topological polar surface area (TPSA) is 0 Å². The first-order chi connectivity index (χ1) is 10.8. The van der Waals surface area contributed by atoms with Gasteiger partial charge in [-0.25, -0.2) is 0 Å². The van der Waals surface area contributed by atoms with E-state index in [-0.39, 0.29) is 50.0 Å². The number of benzene rings is 1. The van der Waals surface area contributed by atoms with Crippen LogP contribution in [-0.2, 0) is 11.8 Å². The van der Waals surface area contributed by atoms with Gasteiger partial charge < -0.3 is 0 Å². The highest BCUT2D eigenvalue weighted by Crippen LogP contribution is 2.24. The Morgan fingerprint density at radius 2 is 1.21 bits per heavy atom. The second kappa shape index (κ2) is 25.3. The zero-order valence-corrected chi connectivity index (χ0v) is 17.2. The molecule has 1 aromatic carbocycles. The van der Waals surface area contributed by atoms with Gasteiger partial charge in [0.05, 0.1) is 0 Å². The monoisotopic (exact) mass is 415 g/mol. The average molecular weight is 415 g/mol. The third-order valence-electron chi connectivity index (χ3n) is 4.36. The molecule has 1 rings (SSSR count). The first-order valence-electron chi connectivity index (χ1n) is 9.88. The lowest BCUT2D eigenvalue weighted by atomic mass is 9.85. The van der Waals surface area contributed by atoms with E-state index in [1.165, 1.54) is 49.7 Å². The molecular formula is C29H66. The van der Waals surface area contributed by atoms with Crippen LogP contribution in [0.25, 0.3) is 0 Å². The summed E-state index contributed by atoms with van der Waals surface area (Å²) >= 11 is 0. The molecule has 0 nitrogen and oxygen atoms in total. The Morgan fingerprint density at radius 1 is 0.724 bits per heavy atom. The van der Waals surface area contributed by atoms with Crippen LogP contribution in [0, 0.1) is 11.8 Å². The zero-order chi connectivity index (χ0) is 17.9. The van der Waals surface area contributed by atoms with Gasteiger partial charge in [0, 0.05) is 0 Å². The van der Waals surface area contributed by atoms with Gasteiger partial charge in [0.25, 0.3) is 0 Å². The molecule has 1 aromatic rings. The Labute approximate surface area is 191 Å². The fraction of sp³-hybridized carbons (Fsp3) is 0.793. The van der Waals surface area contributed by atoms with Crippen molar-refractivity contribution in [1.82, 2.24) is 0 Å². The number of hydrogen-bond donors (Lipinski definition) is 0. The molecule has 0 heteroatoms. The van der Waals surface area contributed by atoms with Crippen molar-refractivity contribution in [1.29, 1.82) is 0 Å². The van der Waals surface area contributed by atoms with E-state index >= 15 is 0 Å². The van der Waals surface area contributed by atoms with E-state index < -0.39 is 0 Å². The molecule has 29 heavy (non-hydrogen) atoms. The van der Waals surface area contributed by atoms with E-state index in [0.29, 0.717) is 0 Å². The minimum Gasteiger partial charge on any atom is -0.0776 e. The predicted molar refractivity (Wildman–Crippen MR) is 148 cm³/mol. The van der Waals surface area contributed by atoms with Crippen LogP contribution in [-0.4, -0.2) is 0 Å². The summed E-state index contributed by atoms with van der Waals surface area (Å²) in [6.07, 6.45) is 8.20. The van der Waals surface area contributed by atoms with Crippen LogP contribution in [0.1, 0.15) is 143 Å². The molecule has 0 heterocycles. The van der Waals surface area contributed by atoms with Crippen LogP contribution in [0.3, 0.4) is 0 Å². The Morgan fingerprint density at radius 3 is 1.66 bits per heavy atom. The van der Waals surface area contributed by atoms with Gasteiger partial charge in [0.2, 0.25) is 0 Å².